The lowest BCUT2D eigenvalue weighted by molar-refractivity contribution is -0.134. The maximum atomic E-state index is 13.7. The number of amides is 2. The number of aromatic nitrogens is 2. The highest BCUT2D eigenvalue weighted by Gasteiger charge is 2.40. The van der Waals surface area contributed by atoms with Crippen LogP contribution in [0.4, 0.5) is 5.82 Å². The van der Waals surface area contributed by atoms with Gasteiger partial charge in [0.05, 0.1) is 35.6 Å². The van der Waals surface area contributed by atoms with Crippen molar-refractivity contribution in [1.82, 2.24) is 14.7 Å². The average molecular weight is 525 g/mol. The van der Waals surface area contributed by atoms with Crippen LogP contribution in [0.1, 0.15) is 48.4 Å². The van der Waals surface area contributed by atoms with Crippen molar-refractivity contribution in [1.29, 1.82) is 0 Å². The molecule has 5 rings (SSSR count). The number of thioether (sulfide) groups is 1. The molecule has 2 aromatic heterocycles. The molecule has 0 unspecified atom stereocenters. The molecule has 0 saturated carbocycles. The molecule has 1 atom stereocenters. The van der Waals surface area contributed by atoms with Gasteiger partial charge in [-0.05, 0) is 41.4 Å². The Labute approximate surface area is 220 Å². The first-order chi connectivity index (χ1) is 17.2. The zero-order valence-corrected chi connectivity index (χ0v) is 22.8. The summed E-state index contributed by atoms with van der Waals surface area (Å²) in [6, 6.07) is 10.3. The van der Waals surface area contributed by atoms with E-state index in [1.54, 1.807) is 32.9 Å². The summed E-state index contributed by atoms with van der Waals surface area (Å²) in [5.41, 5.74) is 4.89. The van der Waals surface area contributed by atoms with Crippen LogP contribution >= 0.6 is 23.1 Å². The standard InChI is InChI=1S/C27H32N4O3S2/c1-18-5-7-20(8-6-18)31-26-23(25(28-31)27(2,3)4)24(19-9-14-35-16-19)36-17-22(33)30(26)15-21(32)29-10-12-34-13-11-29/h5-9,14,16,24H,10-13,15,17H2,1-4H3/t24-/m1/s1. The van der Waals surface area contributed by atoms with Crippen molar-refractivity contribution in [2.24, 2.45) is 0 Å². The lowest BCUT2D eigenvalue weighted by atomic mass is 9.87. The van der Waals surface area contributed by atoms with Gasteiger partial charge in [0.1, 0.15) is 12.4 Å². The van der Waals surface area contributed by atoms with Crippen molar-refractivity contribution < 1.29 is 14.3 Å². The molecule has 0 spiro atoms. The van der Waals surface area contributed by atoms with E-state index in [0.717, 1.165) is 28.1 Å². The molecule has 0 bridgehead atoms. The molecule has 3 aromatic rings. The highest BCUT2D eigenvalue weighted by molar-refractivity contribution is 8.00. The summed E-state index contributed by atoms with van der Waals surface area (Å²) in [5, 5.41) is 9.31. The van der Waals surface area contributed by atoms with Crippen LogP contribution in [-0.2, 0) is 19.7 Å². The van der Waals surface area contributed by atoms with E-state index >= 15 is 0 Å². The van der Waals surface area contributed by atoms with Crippen LogP contribution < -0.4 is 4.90 Å². The molecule has 2 amide bonds. The van der Waals surface area contributed by atoms with Crippen molar-refractivity contribution in [2.45, 2.75) is 38.4 Å². The van der Waals surface area contributed by atoms with E-state index in [9.17, 15) is 9.59 Å². The average Bonchev–Trinajstić information content (AvgIpc) is 3.50. The Balaban J connectivity index is 1.70. The molecule has 1 aromatic carbocycles. The van der Waals surface area contributed by atoms with Crippen molar-refractivity contribution in [2.75, 3.05) is 43.5 Å². The van der Waals surface area contributed by atoms with Gasteiger partial charge < -0.3 is 9.64 Å². The highest BCUT2D eigenvalue weighted by Crippen LogP contribution is 2.48. The molecule has 190 valence electrons. The summed E-state index contributed by atoms with van der Waals surface area (Å²) >= 11 is 3.27. The normalized spacial score (nSPS) is 18.8. The molecule has 36 heavy (non-hydrogen) atoms. The Morgan fingerprint density at radius 2 is 1.86 bits per heavy atom. The van der Waals surface area contributed by atoms with Crippen LogP contribution in [-0.4, -0.2) is 65.1 Å². The molecule has 4 heterocycles. The van der Waals surface area contributed by atoms with Crippen molar-refractivity contribution in [3.8, 4) is 5.69 Å². The van der Waals surface area contributed by atoms with Gasteiger partial charge in [-0.2, -0.15) is 16.4 Å². The first kappa shape index (κ1) is 25.0. The maximum Gasteiger partial charge on any atom is 0.242 e. The second-order valence-corrected chi connectivity index (χ2v) is 12.2. The van der Waals surface area contributed by atoms with Crippen LogP contribution in [0.15, 0.2) is 41.1 Å². The summed E-state index contributed by atoms with van der Waals surface area (Å²) in [6.07, 6.45) is 0. The zero-order valence-electron chi connectivity index (χ0n) is 21.2. The number of carbonyl (C=O) groups is 2. The Kier molecular flexibility index (Phi) is 6.98. The number of fused-ring (bicyclic) bond motifs is 1. The predicted molar refractivity (Wildman–Crippen MR) is 145 cm³/mol. The van der Waals surface area contributed by atoms with Gasteiger partial charge in [0.15, 0.2) is 0 Å². The summed E-state index contributed by atoms with van der Waals surface area (Å²) in [6.45, 7) is 10.6. The largest absolute Gasteiger partial charge is 0.378 e. The number of rotatable bonds is 4. The van der Waals surface area contributed by atoms with Crippen molar-refractivity contribution >= 4 is 40.7 Å². The Hall–Kier alpha value is -2.62. The number of ether oxygens (including phenoxy) is 1. The monoisotopic (exact) mass is 524 g/mol. The van der Waals surface area contributed by atoms with E-state index in [1.165, 1.54) is 0 Å². The minimum absolute atomic E-state index is 0.0100. The Morgan fingerprint density at radius 1 is 1.14 bits per heavy atom. The van der Waals surface area contributed by atoms with Crippen molar-refractivity contribution in [3.05, 3.63) is 63.5 Å². The van der Waals surface area contributed by atoms with Gasteiger partial charge in [-0.15, -0.1) is 11.8 Å². The number of hydrogen-bond donors (Lipinski definition) is 0. The predicted octanol–water partition coefficient (Wildman–Crippen LogP) is 4.57. The molecule has 2 aliphatic rings. The number of thiophene rings is 1. The van der Waals surface area contributed by atoms with Gasteiger partial charge in [0, 0.05) is 24.1 Å². The lowest BCUT2D eigenvalue weighted by Crippen LogP contribution is -2.48. The van der Waals surface area contributed by atoms with Gasteiger partial charge in [-0.3, -0.25) is 14.5 Å². The molecule has 0 N–H and O–H groups in total. The summed E-state index contributed by atoms with van der Waals surface area (Å²) < 4.78 is 7.31. The van der Waals surface area contributed by atoms with Gasteiger partial charge in [-0.25, -0.2) is 4.68 Å². The SMILES string of the molecule is Cc1ccc(-n2nc(C(C)(C)C)c3c2N(CC(=O)N2CCOCC2)C(=O)CS[C@@H]3c2ccsc2)cc1. The van der Waals surface area contributed by atoms with E-state index in [2.05, 4.69) is 37.6 Å². The topological polar surface area (TPSA) is 67.7 Å². The van der Waals surface area contributed by atoms with Crippen LogP contribution in [0.2, 0.25) is 0 Å². The molecule has 7 nitrogen and oxygen atoms in total. The van der Waals surface area contributed by atoms with Crippen LogP contribution in [0.3, 0.4) is 0 Å². The highest BCUT2D eigenvalue weighted by atomic mass is 32.2. The minimum atomic E-state index is -0.262. The van der Waals surface area contributed by atoms with Gasteiger partial charge in [0.25, 0.3) is 0 Å². The third-order valence-corrected chi connectivity index (χ3v) is 8.54. The smallest absolute Gasteiger partial charge is 0.242 e. The summed E-state index contributed by atoms with van der Waals surface area (Å²) in [4.78, 5) is 30.5. The number of benzene rings is 1. The zero-order chi connectivity index (χ0) is 25.4. The molecular formula is C27H32N4O3S2. The first-order valence-electron chi connectivity index (χ1n) is 12.2. The fourth-order valence-corrected chi connectivity index (χ4v) is 6.63. The number of anilines is 1. The van der Waals surface area contributed by atoms with E-state index in [4.69, 9.17) is 9.84 Å². The molecule has 0 radical (unpaired) electrons. The molecule has 1 fully saturated rings. The lowest BCUT2D eigenvalue weighted by Gasteiger charge is -2.30. The number of aryl methyl sites for hydroxylation is 1. The van der Waals surface area contributed by atoms with Gasteiger partial charge in [0.2, 0.25) is 11.8 Å². The van der Waals surface area contributed by atoms with Crippen molar-refractivity contribution in [3.63, 3.8) is 0 Å². The third-order valence-electron chi connectivity index (χ3n) is 6.58. The van der Waals surface area contributed by atoms with E-state index in [0.29, 0.717) is 37.9 Å². The Bertz CT molecular complexity index is 1240. The molecule has 0 aliphatic carbocycles. The van der Waals surface area contributed by atoms with E-state index in [1.807, 2.05) is 35.9 Å². The quantitative estimate of drug-likeness (QED) is 0.500. The minimum Gasteiger partial charge on any atom is -0.378 e. The molecule has 1 saturated heterocycles. The summed E-state index contributed by atoms with van der Waals surface area (Å²) in [7, 11) is 0. The van der Waals surface area contributed by atoms with E-state index in [-0.39, 0.29) is 29.0 Å². The number of nitrogens with zero attached hydrogens (tertiary/aromatic N) is 4. The van der Waals surface area contributed by atoms with Gasteiger partial charge >= 0.3 is 0 Å². The molecular weight excluding hydrogens is 492 g/mol. The second kappa shape index (κ2) is 10.0. The molecule has 9 heteroatoms. The summed E-state index contributed by atoms with van der Waals surface area (Å²) in [5.74, 6) is 0.861. The fraction of sp³-hybridized carbons (Fsp3) is 0.444. The third kappa shape index (κ3) is 4.84. The first-order valence-corrected chi connectivity index (χ1v) is 14.2. The number of carbonyl (C=O) groups excluding carboxylic acids is 2. The maximum absolute atomic E-state index is 13.7. The number of morpholine rings is 1. The number of hydrogen-bond acceptors (Lipinski definition) is 6. The van der Waals surface area contributed by atoms with Crippen LogP contribution in [0, 0.1) is 6.92 Å². The van der Waals surface area contributed by atoms with Crippen LogP contribution in [0.25, 0.3) is 5.69 Å². The second-order valence-electron chi connectivity index (χ2n) is 10.3. The fourth-order valence-electron chi connectivity index (χ4n) is 4.67. The Morgan fingerprint density at radius 3 is 2.50 bits per heavy atom. The molecule has 2 aliphatic heterocycles. The van der Waals surface area contributed by atoms with Gasteiger partial charge in [-0.1, -0.05) is 38.5 Å². The van der Waals surface area contributed by atoms with Crippen LogP contribution in [0.5, 0.6) is 0 Å². The van der Waals surface area contributed by atoms with E-state index < -0.39 is 0 Å².